The Hall–Kier alpha value is -3.75. The van der Waals surface area contributed by atoms with Gasteiger partial charge in [0.1, 0.15) is 36.1 Å². The van der Waals surface area contributed by atoms with Gasteiger partial charge >= 0.3 is 0 Å². The largest absolute Gasteiger partial charge is 0.490 e. The number of carbonyl (C=O) groups excluding carboxylic acids is 2. The predicted molar refractivity (Wildman–Crippen MR) is 163 cm³/mol. The summed E-state index contributed by atoms with van der Waals surface area (Å²) in [7, 11) is 0. The van der Waals surface area contributed by atoms with Crippen molar-refractivity contribution in [2.24, 2.45) is 0 Å². The molecule has 0 aromatic heterocycles. The van der Waals surface area contributed by atoms with Crippen LogP contribution < -0.4 is 24.4 Å². The first kappa shape index (κ1) is 28.8. The molecule has 1 atom stereocenters. The monoisotopic (exact) mass is 572 g/mol. The van der Waals surface area contributed by atoms with Crippen molar-refractivity contribution in [2.75, 3.05) is 24.6 Å². The topological polar surface area (TPSA) is 77.1 Å². The molecule has 1 saturated heterocycles. The van der Waals surface area contributed by atoms with Gasteiger partial charge in [0.25, 0.3) is 11.1 Å². The molecule has 214 valence electrons. The zero-order valence-electron chi connectivity index (χ0n) is 24.0. The standard InChI is InChI=1S/C33H36N2O5S/c1-21-22(2)30-26(23(3)29(21)39-19-25-11-7-6-8-12-25)15-16-33(5,40-30)20-34-17-18-38-28-14-10-9-13-27(28)35-31(36)24(4)41-32(35)37/h6-14,34H,4,15-20H2,1-3,5H3. The normalized spacial score (nSPS) is 18.3. The number of anilines is 1. The third-order valence-electron chi connectivity index (χ3n) is 7.77. The zero-order valence-corrected chi connectivity index (χ0v) is 24.9. The van der Waals surface area contributed by atoms with Gasteiger partial charge in [-0.05, 0) is 86.7 Å². The van der Waals surface area contributed by atoms with Crippen molar-refractivity contribution in [1.82, 2.24) is 5.32 Å². The van der Waals surface area contributed by atoms with Gasteiger partial charge in [0, 0.05) is 18.7 Å². The molecule has 2 aliphatic rings. The highest BCUT2D eigenvalue weighted by Crippen LogP contribution is 2.44. The molecule has 5 rings (SSSR count). The Kier molecular flexibility index (Phi) is 8.42. The molecule has 3 aromatic rings. The van der Waals surface area contributed by atoms with Gasteiger partial charge in [-0.3, -0.25) is 9.59 Å². The minimum absolute atomic E-state index is 0.213. The van der Waals surface area contributed by atoms with Crippen LogP contribution >= 0.6 is 11.8 Å². The molecule has 7 nitrogen and oxygen atoms in total. The highest BCUT2D eigenvalue weighted by molar-refractivity contribution is 8.18. The number of ether oxygens (including phenoxy) is 3. The first-order valence-corrected chi connectivity index (χ1v) is 14.7. The van der Waals surface area contributed by atoms with Crippen LogP contribution in [0.5, 0.6) is 17.2 Å². The molecular weight excluding hydrogens is 536 g/mol. The second-order valence-electron chi connectivity index (χ2n) is 10.8. The molecule has 2 amide bonds. The van der Waals surface area contributed by atoms with Crippen LogP contribution in [0.4, 0.5) is 10.5 Å². The Morgan fingerprint density at radius 2 is 1.73 bits per heavy atom. The van der Waals surface area contributed by atoms with E-state index in [9.17, 15) is 9.59 Å². The molecule has 0 saturated carbocycles. The lowest BCUT2D eigenvalue weighted by molar-refractivity contribution is -0.113. The summed E-state index contributed by atoms with van der Waals surface area (Å²) in [4.78, 5) is 26.1. The molecule has 0 radical (unpaired) electrons. The van der Waals surface area contributed by atoms with E-state index in [1.54, 1.807) is 18.2 Å². The lowest BCUT2D eigenvalue weighted by Crippen LogP contribution is -2.46. The molecule has 41 heavy (non-hydrogen) atoms. The van der Waals surface area contributed by atoms with E-state index in [-0.39, 0.29) is 15.7 Å². The Morgan fingerprint density at radius 3 is 2.46 bits per heavy atom. The smallest absolute Gasteiger partial charge is 0.298 e. The Balaban J connectivity index is 1.18. The number of rotatable bonds is 10. The highest BCUT2D eigenvalue weighted by atomic mass is 32.2. The van der Waals surface area contributed by atoms with Crippen LogP contribution in [-0.4, -0.2) is 36.4 Å². The summed E-state index contributed by atoms with van der Waals surface area (Å²) >= 11 is 0.842. The SMILES string of the molecule is C=C1SC(=O)N(c2ccccc2OCCNCC2(C)CCc3c(C)c(OCc4ccccc4)c(C)c(C)c3O2)C1=O. The van der Waals surface area contributed by atoms with Crippen LogP contribution in [0.2, 0.25) is 0 Å². The second-order valence-corrected chi connectivity index (χ2v) is 11.8. The average Bonchev–Trinajstić information content (AvgIpc) is 3.22. The van der Waals surface area contributed by atoms with Gasteiger partial charge in [-0.15, -0.1) is 0 Å². The number of benzene rings is 3. The number of para-hydroxylation sites is 2. The molecule has 0 bridgehead atoms. The van der Waals surface area contributed by atoms with E-state index in [1.807, 2.05) is 24.3 Å². The molecule has 2 aliphatic heterocycles. The van der Waals surface area contributed by atoms with E-state index in [2.05, 4.69) is 51.7 Å². The van der Waals surface area contributed by atoms with Gasteiger partial charge in [0.2, 0.25) is 0 Å². The summed E-state index contributed by atoms with van der Waals surface area (Å²) < 4.78 is 19.0. The Morgan fingerprint density at radius 1 is 1.00 bits per heavy atom. The number of carbonyl (C=O) groups is 2. The van der Waals surface area contributed by atoms with E-state index in [0.717, 1.165) is 63.3 Å². The first-order chi connectivity index (χ1) is 19.7. The van der Waals surface area contributed by atoms with E-state index in [0.29, 0.717) is 37.7 Å². The van der Waals surface area contributed by atoms with Gasteiger partial charge < -0.3 is 19.5 Å². The van der Waals surface area contributed by atoms with Crippen LogP contribution in [0.25, 0.3) is 0 Å². The van der Waals surface area contributed by atoms with Gasteiger partial charge in [-0.1, -0.05) is 49.0 Å². The summed E-state index contributed by atoms with van der Waals surface area (Å²) in [5, 5.41) is 3.10. The maximum atomic E-state index is 12.4. The van der Waals surface area contributed by atoms with Crippen molar-refractivity contribution in [3.8, 4) is 17.2 Å². The summed E-state index contributed by atoms with van der Waals surface area (Å²) in [6, 6.07) is 17.3. The third-order valence-corrected chi connectivity index (χ3v) is 8.54. The predicted octanol–water partition coefficient (Wildman–Crippen LogP) is 6.66. The molecule has 0 spiro atoms. The molecule has 1 N–H and O–H groups in total. The molecule has 0 aliphatic carbocycles. The zero-order chi connectivity index (χ0) is 29.1. The summed E-state index contributed by atoms with van der Waals surface area (Å²) in [6.07, 6.45) is 1.78. The molecular formula is C33H36N2O5S. The second kappa shape index (κ2) is 12.0. The fraction of sp³-hybridized carbons (Fsp3) is 0.333. The van der Waals surface area contributed by atoms with Crippen molar-refractivity contribution in [3.63, 3.8) is 0 Å². The Labute approximate surface area is 245 Å². The van der Waals surface area contributed by atoms with Crippen molar-refractivity contribution in [2.45, 2.75) is 52.7 Å². The summed E-state index contributed by atoms with van der Waals surface area (Å²) in [5.41, 5.74) is 5.81. The van der Waals surface area contributed by atoms with Crippen molar-refractivity contribution < 1.29 is 23.8 Å². The van der Waals surface area contributed by atoms with E-state index in [1.165, 1.54) is 5.56 Å². The maximum absolute atomic E-state index is 12.4. The van der Waals surface area contributed by atoms with Crippen LogP contribution in [0.3, 0.4) is 0 Å². The lowest BCUT2D eigenvalue weighted by Gasteiger charge is -2.38. The maximum Gasteiger partial charge on any atom is 0.298 e. The van der Waals surface area contributed by atoms with Gasteiger partial charge in [0.05, 0.1) is 10.6 Å². The summed E-state index contributed by atoms with van der Waals surface area (Å²) in [6.45, 7) is 14.3. The number of nitrogens with one attached hydrogen (secondary N) is 1. The van der Waals surface area contributed by atoms with Crippen molar-refractivity contribution >= 4 is 28.6 Å². The van der Waals surface area contributed by atoms with Crippen molar-refractivity contribution in [3.05, 3.63) is 93.9 Å². The molecule has 3 aromatic carbocycles. The Bertz CT molecular complexity index is 1490. The van der Waals surface area contributed by atoms with Gasteiger partial charge in [-0.25, -0.2) is 4.90 Å². The minimum atomic E-state index is -0.410. The third kappa shape index (κ3) is 5.99. The first-order valence-electron chi connectivity index (χ1n) is 13.8. The van der Waals surface area contributed by atoms with Crippen LogP contribution in [0.15, 0.2) is 66.1 Å². The van der Waals surface area contributed by atoms with E-state index < -0.39 is 5.91 Å². The van der Waals surface area contributed by atoms with E-state index >= 15 is 0 Å². The minimum Gasteiger partial charge on any atom is -0.490 e. The van der Waals surface area contributed by atoms with E-state index in [4.69, 9.17) is 14.2 Å². The fourth-order valence-electron chi connectivity index (χ4n) is 5.31. The number of hydrogen-bond acceptors (Lipinski definition) is 7. The number of imide groups is 1. The van der Waals surface area contributed by atoms with Gasteiger partial charge in [0.15, 0.2) is 0 Å². The van der Waals surface area contributed by atoms with Crippen LogP contribution in [0.1, 0.15) is 41.2 Å². The van der Waals surface area contributed by atoms with Crippen molar-refractivity contribution in [1.29, 1.82) is 0 Å². The number of thioether (sulfide) groups is 1. The van der Waals surface area contributed by atoms with Gasteiger partial charge in [-0.2, -0.15) is 0 Å². The molecule has 1 fully saturated rings. The highest BCUT2D eigenvalue weighted by Gasteiger charge is 2.37. The lowest BCUT2D eigenvalue weighted by atomic mass is 9.87. The van der Waals surface area contributed by atoms with Crippen LogP contribution in [0, 0.1) is 20.8 Å². The number of amides is 2. The fourth-order valence-corrected chi connectivity index (χ4v) is 5.97. The summed E-state index contributed by atoms with van der Waals surface area (Å²) in [5.74, 6) is 1.99. The molecule has 8 heteroatoms. The molecule has 2 heterocycles. The van der Waals surface area contributed by atoms with Crippen LogP contribution in [-0.2, 0) is 17.8 Å². The quantitative estimate of drug-likeness (QED) is 0.215. The number of nitrogens with zero attached hydrogens (tertiary/aromatic N) is 1. The molecule has 1 unspecified atom stereocenters. The average molecular weight is 573 g/mol. The number of fused-ring (bicyclic) bond motifs is 1. The number of hydrogen-bond donors (Lipinski definition) is 1.